The first-order valence-electron chi connectivity index (χ1n) is 5.39. The number of nitrogens with one attached hydrogen (secondary N) is 1. The van der Waals surface area contributed by atoms with Crippen LogP contribution in [0.2, 0.25) is 0 Å². The minimum absolute atomic E-state index is 0.0308. The molecule has 0 atom stereocenters. The average Bonchev–Trinajstić information content (AvgIpc) is 2.41. The zero-order chi connectivity index (χ0) is 13.8. The lowest BCUT2D eigenvalue weighted by molar-refractivity contribution is -0.385. The van der Waals surface area contributed by atoms with Gasteiger partial charge >= 0.3 is 0 Å². The van der Waals surface area contributed by atoms with Gasteiger partial charge in [0, 0.05) is 10.5 Å². The summed E-state index contributed by atoms with van der Waals surface area (Å²) in [6.07, 6.45) is 0. The van der Waals surface area contributed by atoms with Crippen molar-refractivity contribution in [2.24, 2.45) is 0 Å². The molecule has 0 bridgehead atoms. The summed E-state index contributed by atoms with van der Waals surface area (Å²) < 4.78 is 0.710. The van der Waals surface area contributed by atoms with E-state index in [1.54, 1.807) is 24.3 Å². The Balaban J connectivity index is 2.31. The molecule has 0 heterocycles. The highest BCUT2D eigenvalue weighted by Gasteiger charge is 2.19. The monoisotopic (exact) mass is 320 g/mol. The van der Waals surface area contributed by atoms with Gasteiger partial charge in [-0.15, -0.1) is 0 Å². The fourth-order valence-electron chi connectivity index (χ4n) is 1.58. The maximum absolute atomic E-state index is 12.1. The predicted molar refractivity (Wildman–Crippen MR) is 75.2 cm³/mol. The second kappa shape index (κ2) is 5.62. The lowest BCUT2D eigenvalue weighted by Gasteiger charge is -2.07. The second-order valence-electron chi connectivity index (χ2n) is 3.71. The van der Waals surface area contributed by atoms with Crippen LogP contribution < -0.4 is 5.32 Å². The van der Waals surface area contributed by atoms with Crippen LogP contribution in [0.15, 0.2) is 53.0 Å². The summed E-state index contributed by atoms with van der Waals surface area (Å²) in [5.41, 5.74) is 0.376. The largest absolute Gasteiger partial charge is 0.321 e. The zero-order valence-corrected chi connectivity index (χ0v) is 11.3. The van der Waals surface area contributed by atoms with Gasteiger partial charge in [-0.3, -0.25) is 14.9 Å². The van der Waals surface area contributed by atoms with Gasteiger partial charge in [-0.05, 0) is 34.1 Å². The molecule has 1 N–H and O–H groups in total. The Morgan fingerprint density at radius 1 is 1.11 bits per heavy atom. The number of nitro benzene ring substituents is 1. The van der Waals surface area contributed by atoms with E-state index < -0.39 is 10.8 Å². The van der Waals surface area contributed by atoms with E-state index in [1.807, 2.05) is 6.07 Å². The summed E-state index contributed by atoms with van der Waals surface area (Å²) in [6.45, 7) is 0. The van der Waals surface area contributed by atoms with Crippen LogP contribution in [-0.4, -0.2) is 10.8 Å². The van der Waals surface area contributed by atoms with Crippen LogP contribution >= 0.6 is 15.9 Å². The number of nitro groups is 1. The van der Waals surface area contributed by atoms with Crippen molar-refractivity contribution < 1.29 is 9.72 Å². The third kappa shape index (κ3) is 2.97. The van der Waals surface area contributed by atoms with E-state index >= 15 is 0 Å². The molecule has 2 aromatic rings. The number of carbonyl (C=O) groups excluding carboxylic acids is 1. The van der Waals surface area contributed by atoms with E-state index in [-0.39, 0.29) is 11.3 Å². The van der Waals surface area contributed by atoms with Gasteiger partial charge in [0.2, 0.25) is 0 Å². The first-order valence-corrected chi connectivity index (χ1v) is 6.18. The smallest absolute Gasteiger partial charge is 0.282 e. The summed E-state index contributed by atoms with van der Waals surface area (Å²) >= 11 is 3.30. The fourth-order valence-corrected chi connectivity index (χ4v) is 1.96. The Labute approximate surface area is 117 Å². The molecule has 5 nitrogen and oxygen atoms in total. The van der Waals surface area contributed by atoms with Crippen LogP contribution in [-0.2, 0) is 0 Å². The topological polar surface area (TPSA) is 72.2 Å². The summed E-state index contributed by atoms with van der Waals surface area (Å²) in [5.74, 6) is -0.515. The third-order valence-corrected chi connectivity index (χ3v) is 3.16. The number of hydrogen-bond acceptors (Lipinski definition) is 3. The lowest BCUT2D eigenvalue weighted by atomic mass is 10.1. The first kappa shape index (κ1) is 13.2. The van der Waals surface area contributed by atoms with Gasteiger partial charge in [0.05, 0.1) is 10.6 Å². The Morgan fingerprint density at radius 2 is 1.74 bits per heavy atom. The van der Waals surface area contributed by atoms with Crippen molar-refractivity contribution >= 4 is 33.2 Å². The van der Waals surface area contributed by atoms with E-state index in [0.717, 1.165) is 0 Å². The van der Waals surface area contributed by atoms with Gasteiger partial charge < -0.3 is 5.32 Å². The number of nitrogens with zero attached hydrogens (tertiary/aromatic N) is 1. The van der Waals surface area contributed by atoms with Gasteiger partial charge in [0.25, 0.3) is 11.6 Å². The maximum atomic E-state index is 12.1. The number of amides is 1. The first-order chi connectivity index (χ1) is 9.09. The number of para-hydroxylation sites is 2. The molecule has 0 unspecified atom stereocenters. The number of halogens is 1. The predicted octanol–water partition coefficient (Wildman–Crippen LogP) is 3.61. The van der Waals surface area contributed by atoms with Crippen molar-refractivity contribution in [1.82, 2.24) is 0 Å². The van der Waals surface area contributed by atoms with E-state index in [1.165, 1.54) is 18.2 Å². The third-order valence-electron chi connectivity index (χ3n) is 2.47. The molecule has 0 aliphatic heterocycles. The normalized spacial score (nSPS) is 9.95. The molecule has 0 aliphatic carbocycles. The van der Waals surface area contributed by atoms with E-state index in [0.29, 0.717) is 10.2 Å². The Kier molecular flexibility index (Phi) is 3.91. The molecule has 0 fully saturated rings. The van der Waals surface area contributed by atoms with E-state index in [2.05, 4.69) is 21.2 Å². The van der Waals surface area contributed by atoms with Crippen molar-refractivity contribution in [3.63, 3.8) is 0 Å². The highest BCUT2D eigenvalue weighted by molar-refractivity contribution is 9.10. The molecule has 0 aromatic heterocycles. The molecule has 0 saturated heterocycles. The molecule has 19 heavy (non-hydrogen) atoms. The van der Waals surface area contributed by atoms with Gasteiger partial charge in [-0.25, -0.2) is 0 Å². The molecule has 2 aromatic carbocycles. The molecule has 2 rings (SSSR count). The van der Waals surface area contributed by atoms with Gasteiger partial charge in [-0.2, -0.15) is 0 Å². The molecule has 0 radical (unpaired) electrons. The van der Waals surface area contributed by atoms with Crippen molar-refractivity contribution in [3.05, 3.63) is 68.7 Å². The Hall–Kier alpha value is -2.21. The van der Waals surface area contributed by atoms with E-state index in [4.69, 9.17) is 0 Å². The minimum Gasteiger partial charge on any atom is -0.321 e. The maximum Gasteiger partial charge on any atom is 0.282 e. The molecular weight excluding hydrogens is 312 g/mol. The number of hydrogen-bond donors (Lipinski definition) is 1. The van der Waals surface area contributed by atoms with Crippen LogP contribution in [0.25, 0.3) is 0 Å². The van der Waals surface area contributed by atoms with Crippen molar-refractivity contribution in [1.29, 1.82) is 0 Å². The van der Waals surface area contributed by atoms with Gasteiger partial charge in [0.15, 0.2) is 0 Å². The molecule has 0 spiro atoms. The van der Waals surface area contributed by atoms with Crippen molar-refractivity contribution in [3.8, 4) is 0 Å². The Morgan fingerprint density at radius 3 is 2.42 bits per heavy atom. The molecule has 0 saturated carbocycles. The highest BCUT2D eigenvalue weighted by atomic mass is 79.9. The zero-order valence-electron chi connectivity index (χ0n) is 9.67. The SMILES string of the molecule is O=C(Nc1ccccc1Br)c1ccccc1[N+](=O)[O-]. The summed E-state index contributed by atoms with van der Waals surface area (Å²) in [5, 5.41) is 13.5. The highest BCUT2D eigenvalue weighted by Crippen LogP contribution is 2.24. The standard InChI is InChI=1S/C13H9BrN2O3/c14-10-6-2-3-7-11(10)15-13(17)9-5-1-4-8-12(9)16(18)19/h1-8H,(H,15,17). The van der Waals surface area contributed by atoms with Crippen LogP contribution in [0.4, 0.5) is 11.4 Å². The summed E-state index contributed by atoms with van der Waals surface area (Å²) in [4.78, 5) is 22.3. The molecule has 96 valence electrons. The number of anilines is 1. The number of rotatable bonds is 3. The van der Waals surface area contributed by atoms with Gasteiger partial charge in [-0.1, -0.05) is 24.3 Å². The molecule has 1 amide bonds. The summed E-state index contributed by atoms with van der Waals surface area (Å²) in [6, 6.07) is 12.9. The number of carbonyl (C=O) groups is 1. The van der Waals surface area contributed by atoms with Crippen molar-refractivity contribution in [2.75, 3.05) is 5.32 Å². The molecule has 0 aliphatic rings. The Bertz CT molecular complexity index is 643. The quantitative estimate of drug-likeness (QED) is 0.693. The van der Waals surface area contributed by atoms with Crippen LogP contribution in [0, 0.1) is 10.1 Å². The second-order valence-corrected chi connectivity index (χ2v) is 4.56. The minimum atomic E-state index is -0.574. The number of benzene rings is 2. The van der Waals surface area contributed by atoms with Crippen LogP contribution in [0.3, 0.4) is 0 Å². The van der Waals surface area contributed by atoms with Crippen LogP contribution in [0.5, 0.6) is 0 Å². The van der Waals surface area contributed by atoms with Crippen molar-refractivity contribution in [2.45, 2.75) is 0 Å². The summed E-state index contributed by atoms with van der Waals surface area (Å²) in [7, 11) is 0. The van der Waals surface area contributed by atoms with Gasteiger partial charge in [0.1, 0.15) is 5.56 Å². The lowest BCUT2D eigenvalue weighted by Crippen LogP contribution is -2.14. The van der Waals surface area contributed by atoms with E-state index in [9.17, 15) is 14.9 Å². The molecular formula is C13H9BrN2O3. The molecule has 6 heteroatoms. The fraction of sp³-hybridized carbons (Fsp3) is 0. The van der Waals surface area contributed by atoms with Crippen LogP contribution in [0.1, 0.15) is 10.4 Å². The average molecular weight is 321 g/mol.